The fourth-order valence-electron chi connectivity index (χ4n) is 11.1. The van der Waals surface area contributed by atoms with E-state index in [0.29, 0.717) is 0 Å². The minimum Gasteiger partial charge on any atom is -0.457 e. The first-order chi connectivity index (χ1) is 34.2. The monoisotopic (exact) mass is 916 g/mol. The summed E-state index contributed by atoms with van der Waals surface area (Å²) in [5, 5.41) is 9.70. The minimum absolute atomic E-state index is 0.0566. The summed E-state index contributed by atoms with van der Waals surface area (Å²) in [4.78, 5) is 4.77. The summed E-state index contributed by atoms with van der Waals surface area (Å²) in [5.41, 5.74) is 10.2. The molecule has 0 atom stereocenters. The van der Waals surface area contributed by atoms with E-state index in [9.17, 15) is 0 Å². The van der Waals surface area contributed by atoms with Crippen molar-refractivity contribution in [1.82, 2.24) is 0 Å². The van der Waals surface area contributed by atoms with Crippen molar-refractivity contribution < 1.29 is 9.47 Å². The molecule has 0 unspecified atom stereocenters. The van der Waals surface area contributed by atoms with Crippen molar-refractivity contribution in [1.29, 1.82) is 0 Å². The third-order valence-electron chi connectivity index (χ3n) is 14.1. The van der Waals surface area contributed by atoms with Gasteiger partial charge in [-0.25, -0.2) is 0 Å². The fourth-order valence-corrected chi connectivity index (χ4v) is 13.5. The van der Waals surface area contributed by atoms with Gasteiger partial charge in [-0.3, -0.25) is 0 Å². The average Bonchev–Trinajstić information content (AvgIpc) is 3.98. The average molecular weight is 917 g/mol. The zero-order valence-corrected chi connectivity index (χ0v) is 38.6. The highest BCUT2D eigenvalue weighted by Crippen LogP contribution is 2.49. The predicted molar refractivity (Wildman–Crippen MR) is 294 cm³/mol. The predicted octanol–water partition coefficient (Wildman–Crippen LogP) is 16.4. The number of hydrogen-bond donors (Lipinski definition) is 0. The molecule has 0 N–H and O–H groups in total. The van der Waals surface area contributed by atoms with Gasteiger partial charge in [-0.05, 0) is 94.5 Å². The Kier molecular flexibility index (Phi) is 8.46. The molecule has 0 amide bonds. The Bertz CT molecular complexity index is 3960. The van der Waals surface area contributed by atoms with E-state index in [0.717, 1.165) is 82.9 Å². The Hall–Kier alpha value is -8.36. The summed E-state index contributed by atoms with van der Waals surface area (Å²) in [6.07, 6.45) is 0. The highest BCUT2D eigenvalue weighted by Gasteiger charge is 2.42. The van der Waals surface area contributed by atoms with Crippen LogP contribution in [-0.2, 0) is 0 Å². The second-order valence-electron chi connectivity index (χ2n) is 17.9. The van der Waals surface area contributed by atoms with Crippen LogP contribution in [0.5, 0.6) is 23.0 Å². The van der Waals surface area contributed by atoms with Crippen LogP contribution in [0.4, 0.5) is 34.1 Å². The standard InChI is InChI=1S/C62H37BN2O2S2/c1-3-18-40(19-4-1)64(52-24-11-16-38-14-7-9-22-44(38)52)42-28-30-46-48-32-34-50-59(61(48)68-56(46)36-42)66-54-26-13-27-55-58(54)63(50)51-35-33-49-47-31-29-43(37-57(47)69-62(49)60(51)67-55)65(41-20-5-2-6-21-41)53-25-12-17-39-15-8-10-23-45(39)53/h1-37H. The highest BCUT2D eigenvalue weighted by molar-refractivity contribution is 7.27. The number of nitrogens with zero attached hydrogens (tertiary/aromatic N) is 2. The Balaban J connectivity index is 0.870. The van der Waals surface area contributed by atoms with Gasteiger partial charge in [0, 0.05) is 69.9 Å². The number of rotatable bonds is 6. The lowest BCUT2D eigenvalue weighted by Crippen LogP contribution is -2.57. The molecule has 0 saturated heterocycles. The largest absolute Gasteiger partial charge is 0.457 e. The van der Waals surface area contributed by atoms with Crippen molar-refractivity contribution in [3.05, 3.63) is 224 Å². The third kappa shape index (κ3) is 5.88. The quantitative estimate of drug-likeness (QED) is 0.155. The zero-order valence-electron chi connectivity index (χ0n) is 37.0. The van der Waals surface area contributed by atoms with E-state index in [-0.39, 0.29) is 6.71 Å². The van der Waals surface area contributed by atoms with Gasteiger partial charge in [-0.15, -0.1) is 22.7 Å². The number of ether oxygens (including phenoxy) is 2. The van der Waals surface area contributed by atoms with E-state index in [1.165, 1.54) is 52.5 Å². The minimum atomic E-state index is -0.0566. The fraction of sp³-hybridized carbons (Fsp3) is 0. The Morgan fingerprint density at radius 2 is 0.754 bits per heavy atom. The maximum absolute atomic E-state index is 7.04. The number of anilines is 6. The Morgan fingerprint density at radius 1 is 0.333 bits per heavy atom. The summed E-state index contributed by atoms with van der Waals surface area (Å²) in [6, 6.07) is 81.1. The van der Waals surface area contributed by atoms with Crippen LogP contribution in [0.25, 0.3) is 61.9 Å². The number of para-hydroxylation sites is 2. The van der Waals surface area contributed by atoms with Crippen LogP contribution in [0.2, 0.25) is 0 Å². The van der Waals surface area contributed by atoms with Gasteiger partial charge in [0.15, 0.2) is 0 Å². The summed E-state index contributed by atoms with van der Waals surface area (Å²) < 4.78 is 18.8. The molecule has 15 rings (SSSR count). The van der Waals surface area contributed by atoms with Crippen LogP contribution >= 0.6 is 22.7 Å². The first-order valence-corrected chi connectivity index (χ1v) is 25.0. The molecule has 7 heteroatoms. The molecule has 11 aromatic carbocycles. The van der Waals surface area contributed by atoms with E-state index in [1.54, 1.807) is 0 Å². The summed E-state index contributed by atoms with van der Waals surface area (Å²) in [7, 11) is 0. The van der Waals surface area contributed by atoms with E-state index in [2.05, 4.69) is 234 Å². The normalized spacial score (nSPS) is 12.6. The number of fused-ring (bicyclic) bond motifs is 14. The van der Waals surface area contributed by atoms with E-state index < -0.39 is 0 Å². The van der Waals surface area contributed by atoms with Crippen LogP contribution in [0, 0.1) is 0 Å². The molecule has 0 saturated carbocycles. The van der Waals surface area contributed by atoms with Crippen molar-refractivity contribution in [2.24, 2.45) is 0 Å². The van der Waals surface area contributed by atoms with Crippen LogP contribution in [0.1, 0.15) is 0 Å². The van der Waals surface area contributed by atoms with Crippen molar-refractivity contribution in [2.45, 2.75) is 0 Å². The zero-order chi connectivity index (χ0) is 45.2. The molecule has 2 aliphatic rings. The van der Waals surface area contributed by atoms with Gasteiger partial charge < -0.3 is 19.3 Å². The Labute approximate surface area is 406 Å². The molecule has 0 fully saturated rings. The van der Waals surface area contributed by atoms with Gasteiger partial charge >= 0.3 is 0 Å². The molecule has 0 bridgehead atoms. The summed E-state index contributed by atoms with van der Waals surface area (Å²) in [5.74, 6) is 3.57. The van der Waals surface area contributed by atoms with Gasteiger partial charge in [0.2, 0.25) is 0 Å². The van der Waals surface area contributed by atoms with Gasteiger partial charge in [-0.1, -0.05) is 152 Å². The second-order valence-corrected chi connectivity index (χ2v) is 20.0. The molecule has 0 radical (unpaired) electrons. The van der Waals surface area contributed by atoms with Gasteiger partial charge in [-0.2, -0.15) is 0 Å². The SMILES string of the molecule is c1ccc(N(c2ccc3c(c2)sc2c4c(ccc23)B2c3ccc5c(sc6cc(N(c7ccccc7)c7cccc8ccccc78)ccc65)c3Oc3cccc(c32)O4)c2cccc3ccccc23)cc1. The van der Waals surface area contributed by atoms with E-state index in [4.69, 9.17) is 9.47 Å². The molecule has 0 aliphatic carbocycles. The maximum Gasteiger partial charge on any atom is 0.260 e. The number of thiophene rings is 2. The van der Waals surface area contributed by atoms with Gasteiger partial charge in [0.05, 0.1) is 20.8 Å². The third-order valence-corrected chi connectivity index (χ3v) is 16.5. The lowest BCUT2D eigenvalue weighted by molar-refractivity contribution is 0.470. The molecule has 4 heterocycles. The van der Waals surface area contributed by atoms with Crippen molar-refractivity contribution in [2.75, 3.05) is 9.80 Å². The second kappa shape index (κ2) is 15.1. The van der Waals surface area contributed by atoms with Crippen LogP contribution in [0.3, 0.4) is 0 Å². The molecule has 69 heavy (non-hydrogen) atoms. The van der Waals surface area contributed by atoms with Gasteiger partial charge in [0.1, 0.15) is 23.0 Å². The topological polar surface area (TPSA) is 24.9 Å². The first kappa shape index (κ1) is 38.7. The molecule has 13 aromatic rings. The van der Waals surface area contributed by atoms with Gasteiger partial charge in [0.25, 0.3) is 6.71 Å². The molecule has 4 nitrogen and oxygen atoms in total. The van der Waals surface area contributed by atoms with E-state index >= 15 is 0 Å². The highest BCUT2D eigenvalue weighted by atomic mass is 32.1. The van der Waals surface area contributed by atoms with Crippen LogP contribution in [-0.4, -0.2) is 6.71 Å². The van der Waals surface area contributed by atoms with Crippen molar-refractivity contribution in [3.8, 4) is 23.0 Å². The molecule has 2 aliphatic heterocycles. The molecular weight excluding hydrogens is 880 g/mol. The van der Waals surface area contributed by atoms with Crippen molar-refractivity contribution >= 4 is 142 Å². The lowest BCUT2D eigenvalue weighted by atomic mass is 9.35. The van der Waals surface area contributed by atoms with Crippen LogP contribution in [0.15, 0.2) is 224 Å². The molecule has 322 valence electrons. The summed E-state index contributed by atoms with van der Waals surface area (Å²) >= 11 is 3.63. The maximum atomic E-state index is 7.04. The number of benzene rings is 11. The smallest absolute Gasteiger partial charge is 0.260 e. The number of hydrogen-bond acceptors (Lipinski definition) is 6. The Morgan fingerprint density at radius 3 is 1.25 bits per heavy atom. The first-order valence-electron chi connectivity index (χ1n) is 23.3. The summed E-state index contributed by atoms with van der Waals surface area (Å²) in [6.45, 7) is -0.0566. The van der Waals surface area contributed by atoms with Crippen molar-refractivity contribution in [3.63, 3.8) is 0 Å². The van der Waals surface area contributed by atoms with Crippen LogP contribution < -0.4 is 35.7 Å². The molecule has 0 spiro atoms. The lowest BCUT2D eigenvalue weighted by Gasteiger charge is -2.33. The molecule has 2 aromatic heterocycles. The van der Waals surface area contributed by atoms with E-state index in [1.807, 2.05) is 22.7 Å². The molecular formula is C62H37BN2O2S2.